The van der Waals surface area contributed by atoms with Crippen LogP contribution in [0.15, 0.2) is 39.8 Å². The molecule has 32 heavy (non-hydrogen) atoms. The van der Waals surface area contributed by atoms with Gasteiger partial charge in [0, 0.05) is 31.6 Å². The molecule has 1 aliphatic rings. The van der Waals surface area contributed by atoms with Crippen LogP contribution in [0.25, 0.3) is 0 Å². The van der Waals surface area contributed by atoms with Gasteiger partial charge in [0.2, 0.25) is 5.91 Å². The summed E-state index contributed by atoms with van der Waals surface area (Å²) in [7, 11) is 0. The van der Waals surface area contributed by atoms with Gasteiger partial charge >= 0.3 is 0 Å². The van der Waals surface area contributed by atoms with Crippen LogP contribution >= 0.6 is 0 Å². The zero-order valence-corrected chi connectivity index (χ0v) is 19.7. The Labute approximate surface area is 191 Å². The molecular formula is C25H37N5O2. The van der Waals surface area contributed by atoms with Gasteiger partial charge in [0.15, 0.2) is 5.96 Å². The summed E-state index contributed by atoms with van der Waals surface area (Å²) in [5, 5.41) is 10.6. The van der Waals surface area contributed by atoms with E-state index in [0.29, 0.717) is 18.4 Å². The maximum atomic E-state index is 12.8. The Morgan fingerprint density at radius 3 is 2.53 bits per heavy atom. The quantitative estimate of drug-likeness (QED) is 0.463. The van der Waals surface area contributed by atoms with Crippen LogP contribution in [0.5, 0.6) is 0 Å². The van der Waals surface area contributed by atoms with Gasteiger partial charge < -0.3 is 20.1 Å². The number of carbonyl (C=O) groups excluding carboxylic acids is 1. The van der Waals surface area contributed by atoms with E-state index in [2.05, 4.69) is 65.0 Å². The molecule has 0 unspecified atom stereocenters. The normalized spacial score (nSPS) is 15.1. The molecule has 0 aliphatic carbocycles. The topological polar surface area (TPSA) is 82.8 Å². The summed E-state index contributed by atoms with van der Waals surface area (Å²) in [5.41, 5.74) is 3.39. The largest absolute Gasteiger partial charge is 0.361 e. The van der Waals surface area contributed by atoms with Crippen molar-refractivity contribution in [2.45, 2.75) is 59.4 Å². The third kappa shape index (κ3) is 6.58. The van der Waals surface area contributed by atoms with Gasteiger partial charge in [-0.25, -0.2) is 4.99 Å². The molecule has 2 aromatic rings. The van der Waals surface area contributed by atoms with E-state index in [-0.39, 0.29) is 12.5 Å². The molecule has 1 saturated heterocycles. The Bertz CT molecular complexity index is 848. The van der Waals surface area contributed by atoms with Gasteiger partial charge in [-0.1, -0.05) is 49.3 Å². The van der Waals surface area contributed by atoms with Crippen molar-refractivity contribution in [1.82, 2.24) is 20.7 Å². The second-order valence-corrected chi connectivity index (χ2v) is 8.30. The Hall–Kier alpha value is -2.83. The van der Waals surface area contributed by atoms with Crippen molar-refractivity contribution >= 4 is 11.9 Å². The zero-order valence-electron chi connectivity index (χ0n) is 19.7. The van der Waals surface area contributed by atoms with Crippen LogP contribution in [-0.2, 0) is 30.6 Å². The van der Waals surface area contributed by atoms with Crippen LogP contribution in [0, 0.1) is 5.92 Å². The number of nitrogens with one attached hydrogen (secondary N) is 2. The number of rotatable bonds is 9. The molecule has 7 heteroatoms. The minimum absolute atomic E-state index is 0.127. The van der Waals surface area contributed by atoms with Crippen molar-refractivity contribution in [2.75, 3.05) is 26.2 Å². The maximum absolute atomic E-state index is 12.8. The highest BCUT2D eigenvalue weighted by Gasteiger charge is 2.23. The summed E-state index contributed by atoms with van der Waals surface area (Å²) in [4.78, 5) is 19.4. The Balaban J connectivity index is 1.49. The lowest BCUT2D eigenvalue weighted by Crippen LogP contribution is -2.47. The van der Waals surface area contributed by atoms with Crippen molar-refractivity contribution in [3.05, 3.63) is 52.9 Å². The zero-order chi connectivity index (χ0) is 22.8. The number of aryl methyl sites for hydroxylation is 2. The van der Waals surface area contributed by atoms with Crippen LogP contribution in [0.1, 0.15) is 56.2 Å². The van der Waals surface area contributed by atoms with Crippen LogP contribution in [0.3, 0.4) is 0 Å². The van der Waals surface area contributed by atoms with Crippen molar-refractivity contribution < 1.29 is 9.32 Å². The van der Waals surface area contributed by atoms with Crippen molar-refractivity contribution in [3.63, 3.8) is 0 Å². The van der Waals surface area contributed by atoms with Crippen molar-refractivity contribution in [1.29, 1.82) is 0 Å². The number of benzene rings is 1. The van der Waals surface area contributed by atoms with Gasteiger partial charge in [-0.3, -0.25) is 4.79 Å². The molecule has 1 aromatic carbocycles. The first-order valence-corrected chi connectivity index (χ1v) is 11.9. The highest BCUT2D eigenvalue weighted by molar-refractivity contribution is 5.86. The highest BCUT2D eigenvalue weighted by atomic mass is 16.5. The summed E-state index contributed by atoms with van der Waals surface area (Å²) in [5.74, 6) is 2.31. The minimum Gasteiger partial charge on any atom is -0.361 e. The van der Waals surface area contributed by atoms with E-state index < -0.39 is 0 Å². The van der Waals surface area contributed by atoms with E-state index in [1.165, 1.54) is 5.56 Å². The number of piperidine rings is 1. The molecule has 1 amide bonds. The van der Waals surface area contributed by atoms with Crippen molar-refractivity contribution in [3.8, 4) is 0 Å². The van der Waals surface area contributed by atoms with Gasteiger partial charge in [-0.15, -0.1) is 0 Å². The van der Waals surface area contributed by atoms with E-state index in [1.54, 1.807) is 0 Å². The number of nitrogens with zero attached hydrogens (tertiary/aromatic N) is 3. The first-order chi connectivity index (χ1) is 15.6. The SMILES string of the molecule is CCNC(=NCc1c(CC)noc1CC)NCC(=O)N1CCC(Cc2ccccc2)CC1. The predicted molar refractivity (Wildman–Crippen MR) is 128 cm³/mol. The minimum atomic E-state index is 0.127. The Morgan fingerprint density at radius 1 is 1.12 bits per heavy atom. The van der Waals surface area contributed by atoms with E-state index in [1.807, 2.05) is 11.8 Å². The smallest absolute Gasteiger partial charge is 0.241 e. The molecule has 1 aromatic heterocycles. The third-order valence-corrected chi connectivity index (χ3v) is 6.09. The molecule has 0 atom stereocenters. The van der Waals surface area contributed by atoms with Gasteiger partial charge in [-0.05, 0) is 44.1 Å². The lowest BCUT2D eigenvalue weighted by atomic mass is 9.90. The maximum Gasteiger partial charge on any atom is 0.241 e. The number of hydrogen-bond donors (Lipinski definition) is 2. The molecule has 7 nitrogen and oxygen atoms in total. The summed E-state index contributed by atoms with van der Waals surface area (Å²) in [6, 6.07) is 10.6. The van der Waals surface area contributed by atoms with Crippen LogP contribution < -0.4 is 10.6 Å². The predicted octanol–water partition coefficient (Wildman–Crippen LogP) is 3.34. The second kappa shape index (κ2) is 12.3. The van der Waals surface area contributed by atoms with E-state index >= 15 is 0 Å². The fraction of sp³-hybridized carbons (Fsp3) is 0.560. The highest BCUT2D eigenvalue weighted by Crippen LogP contribution is 2.21. The molecule has 0 spiro atoms. The summed E-state index contributed by atoms with van der Waals surface area (Å²) in [6.45, 7) is 9.26. The number of aromatic nitrogens is 1. The molecule has 0 radical (unpaired) electrons. The van der Waals surface area contributed by atoms with Gasteiger partial charge in [0.05, 0.1) is 18.8 Å². The average Bonchev–Trinajstić information content (AvgIpc) is 3.23. The first-order valence-electron chi connectivity index (χ1n) is 11.9. The molecule has 0 saturated carbocycles. The molecule has 1 aliphatic heterocycles. The average molecular weight is 440 g/mol. The molecule has 2 heterocycles. The van der Waals surface area contributed by atoms with E-state index in [4.69, 9.17) is 4.52 Å². The molecular weight excluding hydrogens is 402 g/mol. The Kier molecular flexibility index (Phi) is 9.13. The van der Waals surface area contributed by atoms with Gasteiger partial charge in [0.25, 0.3) is 0 Å². The molecule has 1 fully saturated rings. The number of aliphatic imine (C=N–C) groups is 1. The monoisotopic (exact) mass is 439 g/mol. The van der Waals surface area contributed by atoms with Gasteiger partial charge in [0.1, 0.15) is 5.76 Å². The lowest BCUT2D eigenvalue weighted by molar-refractivity contribution is -0.131. The van der Waals surface area contributed by atoms with Gasteiger partial charge in [-0.2, -0.15) is 0 Å². The number of carbonyl (C=O) groups is 1. The number of hydrogen-bond acceptors (Lipinski definition) is 4. The van der Waals surface area contributed by atoms with E-state index in [9.17, 15) is 4.79 Å². The standard InChI is InChI=1S/C25H37N5O2/c1-4-22-21(23(5-2)32-29-22)17-27-25(26-6-3)28-18-24(31)30-14-12-20(13-15-30)16-19-10-8-7-9-11-19/h7-11,20H,4-6,12-18H2,1-3H3,(H2,26,27,28). The summed E-state index contributed by atoms with van der Waals surface area (Å²) in [6.07, 6.45) is 4.82. The second-order valence-electron chi connectivity index (χ2n) is 8.30. The fourth-order valence-electron chi connectivity index (χ4n) is 4.22. The first kappa shape index (κ1) is 23.8. The molecule has 3 rings (SSSR count). The lowest BCUT2D eigenvalue weighted by Gasteiger charge is -2.32. The molecule has 2 N–H and O–H groups in total. The fourth-order valence-corrected chi connectivity index (χ4v) is 4.22. The summed E-state index contributed by atoms with van der Waals surface area (Å²) >= 11 is 0. The van der Waals surface area contributed by atoms with Crippen LogP contribution in [-0.4, -0.2) is 48.1 Å². The molecule has 174 valence electrons. The van der Waals surface area contributed by atoms with Crippen LogP contribution in [0.4, 0.5) is 0 Å². The molecule has 0 bridgehead atoms. The van der Waals surface area contributed by atoms with E-state index in [0.717, 1.165) is 68.8 Å². The summed E-state index contributed by atoms with van der Waals surface area (Å²) < 4.78 is 5.43. The van der Waals surface area contributed by atoms with Crippen LogP contribution in [0.2, 0.25) is 0 Å². The number of likely N-dealkylation sites (tertiary alicyclic amines) is 1. The van der Waals surface area contributed by atoms with Crippen molar-refractivity contribution in [2.24, 2.45) is 10.9 Å². The third-order valence-electron chi connectivity index (χ3n) is 6.09. The number of amides is 1. The Morgan fingerprint density at radius 2 is 1.88 bits per heavy atom. The number of guanidine groups is 1.